The zero-order valence-electron chi connectivity index (χ0n) is 12.4. The van der Waals surface area contributed by atoms with Gasteiger partial charge < -0.3 is 14.8 Å². The monoisotopic (exact) mass is 269 g/mol. The van der Waals surface area contributed by atoms with E-state index in [1.807, 2.05) is 0 Å². The minimum absolute atomic E-state index is 0.0280. The summed E-state index contributed by atoms with van der Waals surface area (Å²) in [5.74, 6) is 1.00. The van der Waals surface area contributed by atoms with Gasteiger partial charge in [-0.1, -0.05) is 20.8 Å². The molecule has 0 amide bonds. The van der Waals surface area contributed by atoms with Gasteiger partial charge in [-0.3, -0.25) is 0 Å². The molecular weight excluding hydrogens is 245 g/mol. The average Bonchev–Trinajstić information content (AvgIpc) is 2.39. The van der Waals surface area contributed by atoms with Crippen molar-refractivity contribution in [2.75, 3.05) is 20.8 Å². The number of benzene rings is 1. The lowest BCUT2D eigenvalue weighted by molar-refractivity contribution is 0.346. The standard InChI is InChI=1S/C15H24FNO2/c1-6-7-17-15(10(2)3)11-8-13(18-4)14(19-5)9-12(11)16/h8-10,15,17H,6-7H2,1-5H3. The van der Waals surface area contributed by atoms with E-state index in [4.69, 9.17) is 9.47 Å². The lowest BCUT2D eigenvalue weighted by atomic mass is 9.95. The van der Waals surface area contributed by atoms with E-state index in [9.17, 15) is 4.39 Å². The van der Waals surface area contributed by atoms with Gasteiger partial charge in [0, 0.05) is 17.7 Å². The van der Waals surface area contributed by atoms with E-state index in [0.29, 0.717) is 23.0 Å². The van der Waals surface area contributed by atoms with Gasteiger partial charge in [0.15, 0.2) is 11.5 Å². The van der Waals surface area contributed by atoms with Crippen molar-refractivity contribution >= 4 is 0 Å². The number of hydrogen-bond donors (Lipinski definition) is 1. The van der Waals surface area contributed by atoms with Crippen molar-refractivity contribution in [1.82, 2.24) is 5.32 Å². The lowest BCUT2D eigenvalue weighted by Crippen LogP contribution is -2.27. The molecule has 0 heterocycles. The van der Waals surface area contributed by atoms with Crippen LogP contribution in [-0.2, 0) is 0 Å². The molecule has 0 aliphatic heterocycles. The van der Waals surface area contributed by atoms with Crippen molar-refractivity contribution < 1.29 is 13.9 Å². The molecule has 0 radical (unpaired) electrons. The Morgan fingerprint density at radius 1 is 1.16 bits per heavy atom. The maximum absolute atomic E-state index is 14.2. The van der Waals surface area contributed by atoms with Crippen molar-refractivity contribution in [3.63, 3.8) is 0 Å². The van der Waals surface area contributed by atoms with Gasteiger partial charge in [0.2, 0.25) is 0 Å². The van der Waals surface area contributed by atoms with Crippen LogP contribution < -0.4 is 14.8 Å². The minimum Gasteiger partial charge on any atom is -0.493 e. The van der Waals surface area contributed by atoms with E-state index in [2.05, 4.69) is 26.1 Å². The van der Waals surface area contributed by atoms with E-state index < -0.39 is 0 Å². The molecule has 0 bridgehead atoms. The van der Waals surface area contributed by atoms with Crippen LogP contribution in [0.25, 0.3) is 0 Å². The van der Waals surface area contributed by atoms with E-state index in [1.54, 1.807) is 13.2 Å². The number of rotatable bonds is 7. The first-order valence-corrected chi connectivity index (χ1v) is 6.69. The molecular formula is C15H24FNO2. The van der Waals surface area contributed by atoms with Crippen molar-refractivity contribution in [3.05, 3.63) is 23.5 Å². The summed E-state index contributed by atoms with van der Waals surface area (Å²) in [6.45, 7) is 7.10. The molecule has 0 saturated heterocycles. The van der Waals surface area contributed by atoms with Gasteiger partial charge in [-0.2, -0.15) is 0 Å². The maximum atomic E-state index is 14.2. The molecule has 1 rings (SSSR count). The predicted molar refractivity (Wildman–Crippen MR) is 75.4 cm³/mol. The van der Waals surface area contributed by atoms with E-state index >= 15 is 0 Å². The Kier molecular flexibility index (Phi) is 6.09. The van der Waals surface area contributed by atoms with E-state index in [0.717, 1.165) is 13.0 Å². The summed E-state index contributed by atoms with van der Waals surface area (Å²) in [5, 5.41) is 3.38. The van der Waals surface area contributed by atoms with Crippen LogP contribution in [0.15, 0.2) is 12.1 Å². The smallest absolute Gasteiger partial charge is 0.163 e. The molecule has 0 aliphatic carbocycles. The molecule has 4 heteroatoms. The first-order valence-electron chi connectivity index (χ1n) is 6.69. The molecule has 1 atom stereocenters. The summed E-state index contributed by atoms with van der Waals surface area (Å²) >= 11 is 0. The Balaban J connectivity index is 3.15. The number of halogens is 1. The molecule has 19 heavy (non-hydrogen) atoms. The molecule has 3 nitrogen and oxygen atoms in total. The average molecular weight is 269 g/mol. The zero-order valence-corrected chi connectivity index (χ0v) is 12.4. The third-order valence-corrected chi connectivity index (χ3v) is 3.12. The highest BCUT2D eigenvalue weighted by Crippen LogP contribution is 2.34. The largest absolute Gasteiger partial charge is 0.493 e. The first kappa shape index (κ1) is 15.8. The van der Waals surface area contributed by atoms with Crippen LogP contribution in [0.4, 0.5) is 4.39 Å². The van der Waals surface area contributed by atoms with Crippen LogP contribution in [0, 0.1) is 11.7 Å². The summed E-state index contributed by atoms with van der Waals surface area (Å²) in [4.78, 5) is 0. The molecule has 1 aromatic carbocycles. The second-order valence-corrected chi connectivity index (χ2v) is 4.90. The maximum Gasteiger partial charge on any atom is 0.163 e. The summed E-state index contributed by atoms with van der Waals surface area (Å²) in [5.41, 5.74) is 0.626. The topological polar surface area (TPSA) is 30.5 Å². The fourth-order valence-corrected chi connectivity index (χ4v) is 2.11. The van der Waals surface area contributed by atoms with Crippen molar-refractivity contribution in [2.45, 2.75) is 33.2 Å². The SMILES string of the molecule is CCCNC(c1cc(OC)c(OC)cc1F)C(C)C. The summed E-state index contributed by atoms with van der Waals surface area (Å²) in [6.07, 6.45) is 1.01. The van der Waals surface area contributed by atoms with Gasteiger partial charge >= 0.3 is 0 Å². The molecule has 1 unspecified atom stereocenters. The van der Waals surface area contributed by atoms with Crippen molar-refractivity contribution in [1.29, 1.82) is 0 Å². The molecule has 0 spiro atoms. The molecule has 0 aromatic heterocycles. The fourth-order valence-electron chi connectivity index (χ4n) is 2.11. The van der Waals surface area contributed by atoms with Gasteiger partial charge in [0.1, 0.15) is 5.82 Å². The molecule has 0 saturated carbocycles. The van der Waals surface area contributed by atoms with E-state index in [-0.39, 0.29) is 11.9 Å². The Labute approximate surface area is 115 Å². The van der Waals surface area contributed by atoms with E-state index in [1.165, 1.54) is 13.2 Å². The van der Waals surface area contributed by atoms with Crippen LogP contribution in [0.2, 0.25) is 0 Å². The highest BCUT2D eigenvalue weighted by Gasteiger charge is 2.21. The van der Waals surface area contributed by atoms with Crippen molar-refractivity contribution in [2.24, 2.45) is 5.92 Å². The second-order valence-electron chi connectivity index (χ2n) is 4.90. The molecule has 0 aliphatic rings. The number of nitrogens with one attached hydrogen (secondary N) is 1. The van der Waals surface area contributed by atoms with Gasteiger partial charge in [0.05, 0.1) is 14.2 Å². The number of ether oxygens (including phenoxy) is 2. The molecule has 1 N–H and O–H groups in total. The highest BCUT2D eigenvalue weighted by molar-refractivity contribution is 5.44. The summed E-state index contributed by atoms with van der Waals surface area (Å²) < 4.78 is 24.6. The molecule has 108 valence electrons. The zero-order chi connectivity index (χ0) is 14.4. The second kappa shape index (κ2) is 7.34. The quantitative estimate of drug-likeness (QED) is 0.821. The molecule has 1 aromatic rings. The predicted octanol–water partition coefficient (Wildman–Crippen LogP) is 3.54. The third kappa shape index (κ3) is 3.83. The number of hydrogen-bond acceptors (Lipinski definition) is 3. The van der Waals surface area contributed by atoms with Gasteiger partial charge in [-0.05, 0) is 24.9 Å². The first-order chi connectivity index (χ1) is 9.04. The summed E-state index contributed by atoms with van der Waals surface area (Å²) in [6, 6.07) is 3.08. The fraction of sp³-hybridized carbons (Fsp3) is 0.600. The van der Waals surface area contributed by atoms with Crippen LogP contribution in [-0.4, -0.2) is 20.8 Å². The normalized spacial score (nSPS) is 12.6. The lowest BCUT2D eigenvalue weighted by Gasteiger charge is -2.24. The van der Waals surface area contributed by atoms with Gasteiger partial charge in [-0.25, -0.2) is 4.39 Å². The van der Waals surface area contributed by atoms with Gasteiger partial charge in [-0.15, -0.1) is 0 Å². The Morgan fingerprint density at radius 2 is 1.74 bits per heavy atom. The van der Waals surface area contributed by atoms with Crippen LogP contribution in [0.5, 0.6) is 11.5 Å². The Bertz CT molecular complexity index is 407. The molecule has 0 fully saturated rings. The van der Waals surface area contributed by atoms with Gasteiger partial charge in [0.25, 0.3) is 0 Å². The highest BCUT2D eigenvalue weighted by atomic mass is 19.1. The third-order valence-electron chi connectivity index (χ3n) is 3.12. The Morgan fingerprint density at radius 3 is 2.21 bits per heavy atom. The van der Waals surface area contributed by atoms with Crippen LogP contribution >= 0.6 is 0 Å². The van der Waals surface area contributed by atoms with Crippen LogP contribution in [0.1, 0.15) is 38.8 Å². The number of methoxy groups -OCH3 is 2. The van der Waals surface area contributed by atoms with Crippen LogP contribution in [0.3, 0.4) is 0 Å². The minimum atomic E-state index is -0.264. The van der Waals surface area contributed by atoms with Crippen molar-refractivity contribution in [3.8, 4) is 11.5 Å². The summed E-state index contributed by atoms with van der Waals surface area (Å²) in [7, 11) is 3.07. The Hall–Kier alpha value is -1.29.